The van der Waals surface area contributed by atoms with E-state index in [4.69, 9.17) is 0 Å². The Morgan fingerprint density at radius 2 is 1.46 bits per heavy atom. The van der Waals surface area contributed by atoms with Crippen molar-refractivity contribution in [2.24, 2.45) is 0 Å². The Morgan fingerprint density at radius 3 is 1.96 bits per heavy atom. The Labute approximate surface area is 156 Å². The first-order chi connectivity index (χ1) is 12.3. The molecule has 0 radical (unpaired) electrons. The monoisotopic (exact) mass is 374 g/mol. The Kier molecular flexibility index (Phi) is 6.94. The predicted molar refractivity (Wildman–Crippen MR) is 104 cm³/mol. The molecule has 0 atom stereocenters. The smallest absolute Gasteiger partial charge is 0.251 e. The molecule has 2 aromatic rings. The summed E-state index contributed by atoms with van der Waals surface area (Å²) in [4.78, 5) is 14.8. The molecule has 140 valence electrons. The van der Waals surface area contributed by atoms with E-state index in [1.54, 1.807) is 0 Å². The number of hydrogen-bond acceptors (Lipinski definition) is 4. The van der Waals surface area contributed by atoms with Crippen LogP contribution in [0, 0.1) is 0 Å². The van der Waals surface area contributed by atoms with Crippen molar-refractivity contribution in [3.63, 3.8) is 0 Å². The highest BCUT2D eigenvalue weighted by Crippen LogP contribution is 2.11. The number of sulfone groups is 1. The van der Waals surface area contributed by atoms with Crippen molar-refractivity contribution in [3.05, 3.63) is 65.2 Å². The maximum absolute atomic E-state index is 12.2. The molecular weight excluding hydrogens is 348 g/mol. The summed E-state index contributed by atoms with van der Waals surface area (Å²) in [6.45, 7) is 7.69. The van der Waals surface area contributed by atoms with Gasteiger partial charge in [-0.3, -0.25) is 9.69 Å². The first-order valence-corrected chi connectivity index (χ1v) is 10.6. The second kappa shape index (κ2) is 8.96. The molecule has 0 saturated carbocycles. The highest BCUT2D eigenvalue weighted by molar-refractivity contribution is 7.90. The van der Waals surface area contributed by atoms with E-state index >= 15 is 0 Å². The molecule has 2 aromatic carbocycles. The zero-order valence-electron chi connectivity index (χ0n) is 15.5. The molecule has 1 amide bonds. The van der Waals surface area contributed by atoms with Gasteiger partial charge >= 0.3 is 0 Å². The number of hydrogen-bond donors (Lipinski definition) is 1. The molecule has 0 fully saturated rings. The summed E-state index contributed by atoms with van der Waals surface area (Å²) in [7, 11) is -3.25. The van der Waals surface area contributed by atoms with E-state index in [-0.39, 0.29) is 10.8 Å². The molecule has 6 heteroatoms. The largest absolute Gasteiger partial charge is 0.348 e. The molecule has 0 aliphatic heterocycles. The van der Waals surface area contributed by atoms with Gasteiger partial charge in [-0.25, -0.2) is 8.42 Å². The summed E-state index contributed by atoms with van der Waals surface area (Å²) in [5.74, 6) is -0.225. The first kappa shape index (κ1) is 20.1. The van der Waals surface area contributed by atoms with Crippen LogP contribution in [0.3, 0.4) is 0 Å². The van der Waals surface area contributed by atoms with Gasteiger partial charge in [0.2, 0.25) is 0 Å². The zero-order valence-corrected chi connectivity index (χ0v) is 16.3. The van der Waals surface area contributed by atoms with Crippen molar-refractivity contribution in [2.75, 3.05) is 19.3 Å². The molecule has 0 heterocycles. The van der Waals surface area contributed by atoms with Crippen molar-refractivity contribution in [1.29, 1.82) is 0 Å². The molecule has 0 saturated heterocycles. The van der Waals surface area contributed by atoms with Crippen LogP contribution in [-0.2, 0) is 22.9 Å². The van der Waals surface area contributed by atoms with Gasteiger partial charge in [0.25, 0.3) is 5.91 Å². The minimum Gasteiger partial charge on any atom is -0.348 e. The number of carbonyl (C=O) groups excluding carboxylic acids is 1. The first-order valence-electron chi connectivity index (χ1n) is 8.72. The highest BCUT2D eigenvalue weighted by Gasteiger charge is 2.10. The molecule has 26 heavy (non-hydrogen) atoms. The van der Waals surface area contributed by atoms with E-state index in [9.17, 15) is 13.2 Å². The van der Waals surface area contributed by atoms with Gasteiger partial charge < -0.3 is 5.32 Å². The molecule has 0 bridgehead atoms. The fourth-order valence-corrected chi connectivity index (χ4v) is 3.24. The van der Waals surface area contributed by atoms with Crippen molar-refractivity contribution in [2.45, 2.75) is 31.8 Å². The summed E-state index contributed by atoms with van der Waals surface area (Å²) in [5, 5.41) is 2.86. The fourth-order valence-electron chi connectivity index (χ4n) is 2.61. The number of benzene rings is 2. The van der Waals surface area contributed by atoms with Gasteiger partial charge in [0.1, 0.15) is 0 Å². The van der Waals surface area contributed by atoms with Crippen LogP contribution in [0.4, 0.5) is 0 Å². The van der Waals surface area contributed by atoms with Gasteiger partial charge in [-0.15, -0.1) is 0 Å². The minimum atomic E-state index is -3.25. The van der Waals surface area contributed by atoms with Crippen LogP contribution in [0.15, 0.2) is 53.4 Å². The molecule has 0 aliphatic rings. The standard InChI is InChI=1S/C20H26N2O3S/c1-4-22(5-2)15-17-8-6-16(7-9-17)14-21-20(23)18-10-12-19(13-11-18)26(3,24)25/h6-13H,4-5,14-15H2,1-3H3,(H,21,23). The topological polar surface area (TPSA) is 66.5 Å². The molecule has 1 N–H and O–H groups in total. The van der Waals surface area contributed by atoms with Crippen molar-refractivity contribution >= 4 is 15.7 Å². The van der Waals surface area contributed by atoms with E-state index in [1.807, 2.05) is 12.1 Å². The average molecular weight is 375 g/mol. The van der Waals surface area contributed by atoms with E-state index in [2.05, 4.69) is 36.2 Å². The van der Waals surface area contributed by atoms with E-state index in [1.165, 1.54) is 29.8 Å². The van der Waals surface area contributed by atoms with Crippen LogP contribution in [-0.4, -0.2) is 38.6 Å². The molecular formula is C20H26N2O3S. The van der Waals surface area contributed by atoms with Gasteiger partial charge in [-0.2, -0.15) is 0 Å². The number of amides is 1. The van der Waals surface area contributed by atoms with Gasteiger partial charge in [0.15, 0.2) is 9.84 Å². The van der Waals surface area contributed by atoms with Crippen molar-refractivity contribution in [3.8, 4) is 0 Å². The molecule has 0 unspecified atom stereocenters. The zero-order chi connectivity index (χ0) is 19.2. The Bertz CT molecular complexity index is 824. The predicted octanol–water partition coefficient (Wildman–Crippen LogP) is 2.86. The van der Waals surface area contributed by atoms with Gasteiger partial charge in [0.05, 0.1) is 4.90 Å². The van der Waals surface area contributed by atoms with Gasteiger partial charge in [0, 0.05) is 24.9 Å². The summed E-state index contributed by atoms with van der Waals surface area (Å²) in [6.07, 6.45) is 1.14. The van der Waals surface area contributed by atoms with E-state index in [0.29, 0.717) is 12.1 Å². The lowest BCUT2D eigenvalue weighted by Gasteiger charge is -2.18. The molecule has 2 rings (SSSR count). The third kappa shape index (κ3) is 5.68. The lowest BCUT2D eigenvalue weighted by atomic mass is 10.1. The van der Waals surface area contributed by atoms with Crippen molar-refractivity contribution < 1.29 is 13.2 Å². The van der Waals surface area contributed by atoms with Crippen LogP contribution < -0.4 is 5.32 Å². The lowest BCUT2D eigenvalue weighted by molar-refractivity contribution is 0.0951. The minimum absolute atomic E-state index is 0.206. The molecule has 0 aliphatic carbocycles. The van der Waals surface area contributed by atoms with Crippen molar-refractivity contribution in [1.82, 2.24) is 10.2 Å². The fraction of sp³-hybridized carbons (Fsp3) is 0.350. The summed E-state index contributed by atoms with van der Waals surface area (Å²) in [5.41, 5.74) is 2.71. The second-order valence-corrected chi connectivity index (χ2v) is 8.27. The Morgan fingerprint density at radius 1 is 0.923 bits per heavy atom. The summed E-state index contributed by atoms with van der Waals surface area (Å²) >= 11 is 0. The summed E-state index contributed by atoms with van der Waals surface area (Å²) < 4.78 is 22.9. The van der Waals surface area contributed by atoms with Crippen LogP contribution in [0.25, 0.3) is 0 Å². The summed E-state index contributed by atoms with van der Waals surface area (Å²) in [6, 6.07) is 14.2. The van der Waals surface area contributed by atoms with E-state index < -0.39 is 9.84 Å². The highest BCUT2D eigenvalue weighted by atomic mass is 32.2. The third-order valence-corrected chi connectivity index (χ3v) is 5.45. The van der Waals surface area contributed by atoms with Crippen LogP contribution in [0.1, 0.15) is 35.3 Å². The average Bonchev–Trinajstić information content (AvgIpc) is 2.64. The third-order valence-electron chi connectivity index (χ3n) is 4.32. The van der Waals surface area contributed by atoms with Gasteiger partial charge in [-0.1, -0.05) is 38.1 Å². The second-order valence-electron chi connectivity index (χ2n) is 6.26. The molecule has 0 spiro atoms. The number of nitrogens with zero attached hydrogens (tertiary/aromatic N) is 1. The van der Waals surface area contributed by atoms with Crippen LogP contribution in [0.2, 0.25) is 0 Å². The lowest BCUT2D eigenvalue weighted by Crippen LogP contribution is -2.23. The normalized spacial score (nSPS) is 11.5. The molecule has 0 aromatic heterocycles. The number of carbonyl (C=O) groups is 1. The maximum Gasteiger partial charge on any atom is 0.251 e. The van der Waals surface area contributed by atoms with Crippen LogP contribution in [0.5, 0.6) is 0 Å². The SMILES string of the molecule is CCN(CC)Cc1ccc(CNC(=O)c2ccc(S(C)(=O)=O)cc2)cc1. The van der Waals surface area contributed by atoms with E-state index in [0.717, 1.165) is 31.5 Å². The quantitative estimate of drug-likeness (QED) is 0.772. The Hall–Kier alpha value is -2.18. The maximum atomic E-state index is 12.2. The number of rotatable bonds is 8. The molecule has 5 nitrogen and oxygen atoms in total. The van der Waals surface area contributed by atoms with Crippen LogP contribution >= 0.6 is 0 Å². The van der Waals surface area contributed by atoms with Gasteiger partial charge in [-0.05, 0) is 48.5 Å². The Balaban J connectivity index is 1.92. The number of nitrogens with one attached hydrogen (secondary N) is 1.